The minimum absolute atomic E-state index is 0.446. The summed E-state index contributed by atoms with van der Waals surface area (Å²) in [5, 5.41) is 0. The van der Waals surface area contributed by atoms with Crippen LogP contribution in [0.5, 0.6) is 0 Å². The number of benzene rings is 2. The van der Waals surface area contributed by atoms with E-state index in [0.717, 1.165) is 0 Å². The molecule has 0 bridgehead atoms. The summed E-state index contributed by atoms with van der Waals surface area (Å²) in [6.45, 7) is 8.99. The molecule has 2 aromatic rings. The molecule has 0 nitrogen and oxygen atoms in total. The largest absolute Gasteiger partial charge is 0.0847 e. The Hall–Kier alpha value is -1.82. The third-order valence-corrected chi connectivity index (χ3v) is 5.06. The van der Waals surface area contributed by atoms with Crippen molar-refractivity contribution in [3.63, 3.8) is 0 Å². The Morgan fingerprint density at radius 2 is 1.48 bits per heavy atom. The Balaban J connectivity index is 2.02. The molecule has 23 heavy (non-hydrogen) atoms. The summed E-state index contributed by atoms with van der Waals surface area (Å²) in [6, 6.07) is 13.9. The van der Waals surface area contributed by atoms with Crippen LogP contribution in [0.3, 0.4) is 0 Å². The van der Waals surface area contributed by atoms with Crippen molar-refractivity contribution < 1.29 is 0 Å². The molecule has 0 fully saturated rings. The monoisotopic (exact) mass is 304 g/mol. The highest BCUT2D eigenvalue weighted by atomic mass is 14.3. The van der Waals surface area contributed by atoms with Gasteiger partial charge in [0.25, 0.3) is 0 Å². The summed E-state index contributed by atoms with van der Waals surface area (Å²) in [4.78, 5) is 0. The summed E-state index contributed by atoms with van der Waals surface area (Å²) >= 11 is 0. The molecule has 0 aliphatic heterocycles. The van der Waals surface area contributed by atoms with Gasteiger partial charge in [-0.3, -0.25) is 0 Å². The zero-order chi connectivity index (χ0) is 16.4. The molecular weight excluding hydrogens is 276 g/mol. The first kappa shape index (κ1) is 16.1. The van der Waals surface area contributed by atoms with Crippen LogP contribution in [-0.2, 0) is 0 Å². The first-order chi connectivity index (χ1) is 11.1. The molecule has 0 heteroatoms. The fourth-order valence-electron chi connectivity index (χ4n) is 3.83. The maximum Gasteiger partial charge on any atom is 0.0308 e. The molecule has 0 saturated carbocycles. The molecular formula is C23H28. The average molecular weight is 304 g/mol. The average Bonchev–Trinajstić information content (AvgIpc) is 2.83. The molecule has 0 unspecified atom stereocenters. The number of hydrogen-bond acceptors (Lipinski definition) is 0. The Kier molecular flexibility index (Phi) is 4.71. The molecule has 3 rings (SSSR count). The van der Waals surface area contributed by atoms with E-state index >= 15 is 0 Å². The molecule has 1 aliphatic rings. The van der Waals surface area contributed by atoms with Gasteiger partial charge in [0.1, 0.15) is 0 Å². The lowest BCUT2D eigenvalue weighted by Gasteiger charge is -2.16. The van der Waals surface area contributed by atoms with E-state index in [4.69, 9.17) is 0 Å². The smallest absolute Gasteiger partial charge is 0.0308 e. The molecule has 0 radical (unpaired) electrons. The normalized spacial score (nSPS) is 14.0. The zero-order valence-corrected chi connectivity index (χ0v) is 14.9. The number of allylic oxidation sites excluding steroid dienone is 2. The van der Waals surface area contributed by atoms with Gasteiger partial charge < -0.3 is 0 Å². The Morgan fingerprint density at radius 3 is 2.00 bits per heavy atom. The van der Waals surface area contributed by atoms with Gasteiger partial charge in [-0.2, -0.15) is 0 Å². The van der Waals surface area contributed by atoms with E-state index in [1.165, 1.54) is 64.6 Å². The van der Waals surface area contributed by atoms with Gasteiger partial charge in [0.2, 0.25) is 0 Å². The van der Waals surface area contributed by atoms with E-state index < -0.39 is 0 Å². The summed E-state index contributed by atoms with van der Waals surface area (Å²) < 4.78 is 0. The number of fused-ring (bicyclic) bond motifs is 3. The molecule has 0 heterocycles. The maximum atomic E-state index is 2.48. The van der Waals surface area contributed by atoms with E-state index in [2.05, 4.69) is 70.2 Å². The molecule has 1 aliphatic carbocycles. The lowest BCUT2D eigenvalue weighted by molar-refractivity contribution is 0.724. The van der Waals surface area contributed by atoms with Gasteiger partial charge in [-0.05, 0) is 55.9 Å². The van der Waals surface area contributed by atoms with Gasteiger partial charge >= 0.3 is 0 Å². The standard InChI is InChI=1S/C23H28/c1-5-6-7-8-9-18(4)23-21-14-16(2)10-12-19(21)20-13-11-17(3)15-22(20)23/h9-15,23H,5-8H2,1-4H3. The van der Waals surface area contributed by atoms with E-state index in [1.54, 1.807) is 0 Å². The van der Waals surface area contributed by atoms with Gasteiger partial charge in [0, 0.05) is 5.92 Å². The molecule has 0 spiro atoms. The molecule has 120 valence electrons. The van der Waals surface area contributed by atoms with Crippen molar-refractivity contribution in [1.29, 1.82) is 0 Å². The van der Waals surface area contributed by atoms with Gasteiger partial charge in [-0.25, -0.2) is 0 Å². The van der Waals surface area contributed by atoms with Crippen molar-refractivity contribution in [2.24, 2.45) is 0 Å². The summed E-state index contributed by atoms with van der Waals surface area (Å²) in [5.74, 6) is 0.446. The fourth-order valence-corrected chi connectivity index (χ4v) is 3.83. The van der Waals surface area contributed by atoms with E-state index in [0.29, 0.717) is 5.92 Å². The van der Waals surface area contributed by atoms with Crippen LogP contribution in [0.2, 0.25) is 0 Å². The van der Waals surface area contributed by atoms with Crippen LogP contribution < -0.4 is 0 Å². The highest BCUT2D eigenvalue weighted by molar-refractivity contribution is 5.81. The second-order valence-corrected chi connectivity index (χ2v) is 7.06. The van der Waals surface area contributed by atoms with Crippen LogP contribution in [0.25, 0.3) is 11.1 Å². The van der Waals surface area contributed by atoms with E-state index in [9.17, 15) is 0 Å². The SMILES string of the molecule is CCCCCC=C(C)C1c2cc(C)ccc2-c2ccc(C)cc21. The van der Waals surface area contributed by atoms with Crippen LogP contribution in [0, 0.1) is 13.8 Å². The van der Waals surface area contributed by atoms with Crippen molar-refractivity contribution in [3.05, 3.63) is 70.3 Å². The van der Waals surface area contributed by atoms with E-state index in [1.807, 2.05) is 0 Å². The van der Waals surface area contributed by atoms with Crippen molar-refractivity contribution >= 4 is 0 Å². The van der Waals surface area contributed by atoms with Crippen molar-refractivity contribution in [3.8, 4) is 11.1 Å². The molecule has 0 saturated heterocycles. The fraction of sp³-hybridized carbons (Fsp3) is 0.391. The first-order valence-corrected chi connectivity index (χ1v) is 9.00. The number of aryl methyl sites for hydroxylation is 2. The van der Waals surface area contributed by atoms with Gasteiger partial charge in [-0.15, -0.1) is 0 Å². The molecule has 2 aromatic carbocycles. The maximum absolute atomic E-state index is 2.48. The van der Waals surface area contributed by atoms with Crippen molar-refractivity contribution in [1.82, 2.24) is 0 Å². The first-order valence-electron chi connectivity index (χ1n) is 9.00. The highest BCUT2D eigenvalue weighted by Crippen LogP contribution is 2.48. The van der Waals surface area contributed by atoms with Gasteiger partial charge in [0.05, 0.1) is 0 Å². The molecule has 0 amide bonds. The van der Waals surface area contributed by atoms with Crippen LogP contribution in [0.15, 0.2) is 48.0 Å². The number of rotatable bonds is 5. The number of unbranched alkanes of at least 4 members (excludes halogenated alkanes) is 3. The minimum atomic E-state index is 0.446. The Bertz CT molecular complexity index is 682. The summed E-state index contributed by atoms with van der Waals surface area (Å²) in [6.07, 6.45) is 7.62. The van der Waals surface area contributed by atoms with Crippen LogP contribution in [-0.4, -0.2) is 0 Å². The second-order valence-electron chi connectivity index (χ2n) is 7.06. The highest BCUT2D eigenvalue weighted by Gasteiger charge is 2.29. The Morgan fingerprint density at radius 1 is 0.913 bits per heavy atom. The number of hydrogen-bond donors (Lipinski definition) is 0. The molecule has 0 N–H and O–H groups in total. The quantitative estimate of drug-likeness (QED) is 0.414. The van der Waals surface area contributed by atoms with Crippen LogP contribution in [0.4, 0.5) is 0 Å². The summed E-state index contributed by atoms with van der Waals surface area (Å²) in [7, 11) is 0. The van der Waals surface area contributed by atoms with Gasteiger partial charge in [-0.1, -0.05) is 78.9 Å². The lowest BCUT2D eigenvalue weighted by atomic mass is 9.88. The third-order valence-electron chi connectivity index (χ3n) is 5.06. The zero-order valence-electron chi connectivity index (χ0n) is 14.9. The second kappa shape index (κ2) is 6.74. The summed E-state index contributed by atoms with van der Waals surface area (Å²) in [5.41, 5.74) is 10.1. The third kappa shape index (κ3) is 3.13. The lowest BCUT2D eigenvalue weighted by Crippen LogP contribution is -1.99. The van der Waals surface area contributed by atoms with Crippen LogP contribution >= 0.6 is 0 Å². The Labute approximate surface area is 141 Å². The predicted molar refractivity (Wildman–Crippen MR) is 101 cm³/mol. The predicted octanol–water partition coefficient (Wildman–Crippen LogP) is 6.94. The van der Waals surface area contributed by atoms with Crippen molar-refractivity contribution in [2.75, 3.05) is 0 Å². The van der Waals surface area contributed by atoms with Gasteiger partial charge in [0.15, 0.2) is 0 Å². The van der Waals surface area contributed by atoms with Crippen molar-refractivity contribution in [2.45, 2.75) is 59.3 Å². The van der Waals surface area contributed by atoms with E-state index in [-0.39, 0.29) is 0 Å². The van der Waals surface area contributed by atoms with Crippen LogP contribution in [0.1, 0.15) is 67.7 Å². The molecule has 0 aromatic heterocycles. The minimum Gasteiger partial charge on any atom is -0.0847 e. The topological polar surface area (TPSA) is 0 Å². The molecule has 0 atom stereocenters.